The molecule has 0 fully saturated rings. The van der Waals surface area contributed by atoms with Crippen LogP contribution in [-0.2, 0) is 7.05 Å². The van der Waals surface area contributed by atoms with Gasteiger partial charge in [-0.25, -0.2) is 4.79 Å². The van der Waals surface area contributed by atoms with Crippen LogP contribution in [0.1, 0.15) is 31.1 Å². The van der Waals surface area contributed by atoms with Crippen molar-refractivity contribution >= 4 is 0 Å². The van der Waals surface area contributed by atoms with Crippen LogP contribution in [-0.4, -0.2) is 9.13 Å². The maximum atomic E-state index is 11.7. The second-order valence-electron chi connectivity index (χ2n) is 3.82. The predicted octanol–water partition coefficient (Wildman–Crippen LogP) is 0.745. The molecule has 1 aromatic rings. The van der Waals surface area contributed by atoms with Crippen molar-refractivity contribution in [2.24, 2.45) is 7.05 Å². The SMILES string of the molecule is Cc1c(C)n(C(C)C)c(=O)n(C)c1=O. The number of hydrogen-bond donors (Lipinski definition) is 0. The molecule has 0 N–H and O–H groups in total. The van der Waals surface area contributed by atoms with Crippen molar-refractivity contribution in [3.63, 3.8) is 0 Å². The lowest BCUT2D eigenvalue weighted by Gasteiger charge is -2.16. The van der Waals surface area contributed by atoms with E-state index in [1.807, 2.05) is 13.8 Å². The van der Waals surface area contributed by atoms with E-state index in [2.05, 4.69) is 0 Å². The van der Waals surface area contributed by atoms with Crippen molar-refractivity contribution in [3.05, 3.63) is 32.1 Å². The Morgan fingerprint density at radius 2 is 1.64 bits per heavy atom. The van der Waals surface area contributed by atoms with Gasteiger partial charge in [-0.15, -0.1) is 0 Å². The topological polar surface area (TPSA) is 44.0 Å². The summed E-state index contributed by atoms with van der Waals surface area (Å²) in [6, 6.07) is 0.0769. The van der Waals surface area contributed by atoms with Gasteiger partial charge in [0.1, 0.15) is 0 Å². The minimum atomic E-state index is -0.242. The Kier molecular flexibility index (Phi) is 2.64. The van der Waals surface area contributed by atoms with Crippen LogP contribution in [0.15, 0.2) is 9.59 Å². The van der Waals surface area contributed by atoms with Gasteiger partial charge in [0, 0.05) is 24.3 Å². The van der Waals surface area contributed by atoms with Crippen LogP contribution >= 0.6 is 0 Å². The molecular formula is C10H16N2O2. The lowest BCUT2D eigenvalue weighted by molar-refractivity contribution is 0.514. The molecular weight excluding hydrogens is 180 g/mol. The zero-order valence-electron chi connectivity index (χ0n) is 9.29. The van der Waals surface area contributed by atoms with E-state index in [1.165, 1.54) is 7.05 Å². The number of nitrogens with zero attached hydrogens (tertiary/aromatic N) is 2. The summed E-state index contributed by atoms with van der Waals surface area (Å²) in [7, 11) is 1.51. The third-order valence-electron chi connectivity index (χ3n) is 2.54. The molecule has 78 valence electrons. The minimum absolute atomic E-state index is 0.0769. The van der Waals surface area contributed by atoms with Gasteiger partial charge in [0.2, 0.25) is 0 Å². The summed E-state index contributed by atoms with van der Waals surface area (Å²) in [6.07, 6.45) is 0. The molecule has 0 saturated carbocycles. The summed E-state index contributed by atoms with van der Waals surface area (Å²) < 4.78 is 2.79. The van der Waals surface area contributed by atoms with E-state index in [9.17, 15) is 9.59 Å². The van der Waals surface area contributed by atoms with Crippen LogP contribution in [0.4, 0.5) is 0 Å². The summed E-state index contributed by atoms with van der Waals surface area (Å²) >= 11 is 0. The van der Waals surface area contributed by atoms with Crippen molar-refractivity contribution in [1.29, 1.82) is 0 Å². The third kappa shape index (κ3) is 1.41. The Balaban J connectivity index is 3.79. The van der Waals surface area contributed by atoms with E-state index in [4.69, 9.17) is 0 Å². The second-order valence-corrected chi connectivity index (χ2v) is 3.82. The second kappa shape index (κ2) is 3.44. The van der Waals surface area contributed by atoms with Gasteiger partial charge in [0.15, 0.2) is 0 Å². The molecule has 1 aromatic heterocycles. The quantitative estimate of drug-likeness (QED) is 0.665. The zero-order valence-corrected chi connectivity index (χ0v) is 9.29. The highest BCUT2D eigenvalue weighted by Crippen LogP contribution is 2.05. The zero-order chi connectivity index (χ0) is 11.0. The number of hydrogen-bond acceptors (Lipinski definition) is 2. The normalized spacial score (nSPS) is 11.0. The Labute approximate surface area is 82.8 Å². The summed E-state index contributed by atoms with van der Waals surface area (Å²) in [5.74, 6) is 0. The van der Waals surface area contributed by atoms with Crippen LogP contribution in [0.3, 0.4) is 0 Å². The van der Waals surface area contributed by atoms with E-state index in [-0.39, 0.29) is 17.3 Å². The van der Waals surface area contributed by atoms with Gasteiger partial charge < -0.3 is 0 Å². The van der Waals surface area contributed by atoms with Gasteiger partial charge in [0.05, 0.1) is 0 Å². The van der Waals surface area contributed by atoms with Crippen LogP contribution in [0.2, 0.25) is 0 Å². The average molecular weight is 196 g/mol. The molecule has 0 spiro atoms. The first-order chi connectivity index (χ1) is 6.37. The molecule has 0 unspecified atom stereocenters. The van der Waals surface area contributed by atoms with E-state index >= 15 is 0 Å². The van der Waals surface area contributed by atoms with Gasteiger partial charge in [-0.1, -0.05) is 0 Å². The van der Waals surface area contributed by atoms with Gasteiger partial charge in [0.25, 0.3) is 5.56 Å². The Morgan fingerprint density at radius 3 is 2.07 bits per heavy atom. The molecule has 0 bridgehead atoms. The van der Waals surface area contributed by atoms with Crippen LogP contribution < -0.4 is 11.2 Å². The van der Waals surface area contributed by atoms with E-state index in [0.717, 1.165) is 10.3 Å². The van der Waals surface area contributed by atoms with Gasteiger partial charge >= 0.3 is 5.69 Å². The van der Waals surface area contributed by atoms with Gasteiger partial charge in [-0.2, -0.15) is 0 Å². The lowest BCUT2D eigenvalue weighted by atomic mass is 10.2. The first kappa shape index (κ1) is 10.8. The molecule has 4 heteroatoms. The summed E-state index contributed by atoms with van der Waals surface area (Å²) in [6.45, 7) is 7.41. The standard InChI is InChI=1S/C10H16N2O2/c1-6(2)12-8(4)7(3)9(13)11(5)10(12)14/h6H,1-5H3. The van der Waals surface area contributed by atoms with E-state index in [1.54, 1.807) is 18.4 Å². The van der Waals surface area contributed by atoms with Gasteiger partial charge in [-0.05, 0) is 27.7 Å². The largest absolute Gasteiger partial charge is 0.331 e. The first-order valence-electron chi connectivity index (χ1n) is 4.66. The maximum Gasteiger partial charge on any atom is 0.331 e. The van der Waals surface area contributed by atoms with Crippen molar-refractivity contribution in [1.82, 2.24) is 9.13 Å². The van der Waals surface area contributed by atoms with Gasteiger partial charge in [-0.3, -0.25) is 13.9 Å². The van der Waals surface area contributed by atoms with Crippen molar-refractivity contribution in [2.75, 3.05) is 0 Å². The molecule has 0 aliphatic carbocycles. The fourth-order valence-corrected chi connectivity index (χ4v) is 1.59. The summed E-state index contributed by atoms with van der Waals surface area (Å²) in [5.41, 5.74) is 0.950. The number of aromatic nitrogens is 2. The van der Waals surface area contributed by atoms with E-state index in [0.29, 0.717) is 5.56 Å². The molecule has 0 atom stereocenters. The van der Waals surface area contributed by atoms with Crippen molar-refractivity contribution < 1.29 is 0 Å². The van der Waals surface area contributed by atoms with Crippen LogP contribution in [0.25, 0.3) is 0 Å². The molecule has 0 radical (unpaired) electrons. The fourth-order valence-electron chi connectivity index (χ4n) is 1.59. The Bertz CT molecular complexity index is 466. The van der Waals surface area contributed by atoms with Crippen molar-refractivity contribution in [3.8, 4) is 0 Å². The monoisotopic (exact) mass is 196 g/mol. The number of rotatable bonds is 1. The van der Waals surface area contributed by atoms with Crippen molar-refractivity contribution in [2.45, 2.75) is 33.7 Å². The fraction of sp³-hybridized carbons (Fsp3) is 0.600. The summed E-state index contributed by atoms with van der Waals surface area (Å²) in [4.78, 5) is 23.3. The van der Waals surface area contributed by atoms with E-state index < -0.39 is 0 Å². The highest BCUT2D eigenvalue weighted by Gasteiger charge is 2.12. The van der Waals surface area contributed by atoms with Crippen LogP contribution in [0, 0.1) is 13.8 Å². The highest BCUT2D eigenvalue weighted by atomic mass is 16.2. The highest BCUT2D eigenvalue weighted by molar-refractivity contribution is 5.15. The molecule has 0 amide bonds. The molecule has 0 aliphatic heterocycles. The average Bonchev–Trinajstić information content (AvgIpc) is 2.11. The molecule has 0 aliphatic rings. The molecule has 4 nitrogen and oxygen atoms in total. The molecule has 1 heterocycles. The lowest BCUT2D eigenvalue weighted by Crippen LogP contribution is -2.41. The predicted molar refractivity (Wildman–Crippen MR) is 55.8 cm³/mol. The molecule has 14 heavy (non-hydrogen) atoms. The maximum absolute atomic E-state index is 11.7. The third-order valence-corrected chi connectivity index (χ3v) is 2.54. The Hall–Kier alpha value is -1.32. The smallest absolute Gasteiger partial charge is 0.295 e. The first-order valence-corrected chi connectivity index (χ1v) is 4.66. The molecule has 0 aromatic carbocycles. The Morgan fingerprint density at radius 1 is 1.14 bits per heavy atom. The molecule has 0 saturated heterocycles. The minimum Gasteiger partial charge on any atom is -0.295 e. The van der Waals surface area contributed by atoms with Crippen LogP contribution in [0.5, 0.6) is 0 Å². The molecule has 1 rings (SSSR count). The summed E-state index contributed by atoms with van der Waals surface area (Å²) in [5, 5.41) is 0.